The molecule has 1 heterocycles. The molecule has 3 heteroatoms. The summed E-state index contributed by atoms with van der Waals surface area (Å²) >= 11 is 0. The highest BCUT2D eigenvalue weighted by Crippen LogP contribution is 2.13. The third-order valence-corrected chi connectivity index (χ3v) is 2.25. The SMILES string of the molecule is CC1=CC=CN(C(=O)Oc2ccccc2)C1. The van der Waals surface area contributed by atoms with Crippen molar-refractivity contribution in [2.45, 2.75) is 6.92 Å². The maximum atomic E-state index is 11.7. The summed E-state index contributed by atoms with van der Waals surface area (Å²) in [7, 11) is 0. The molecule has 3 nitrogen and oxygen atoms in total. The molecule has 0 unspecified atom stereocenters. The first-order valence-corrected chi connectivity index (χ1v) is 5.13. The molecular weight excluding hydrogens is 202 g/mol. The molecule has 0 saturated heterocycles. The van der Waals surface area contributed by atoms with Crippen LogP contribution in [-0.4, -0.2) is 17.5 Å². The minimum atomic E-state index is -0.352. The lowest BCUT2D eigenvalue weighted by Crippen LogP contribution is -2.31. The second-order valence-electron chi connectivity index (χ2n) is 3.66. The highest BCUT2D eigenvalue weighted by atomic mass is 16.6. The van der Waals surface area contributed by atoms with Crippen LogP contribution < -0.4 is 4.74 Å². The Morgan fingerprint density at radius 3 is 2.75 bits per heavy atom. The van der Waals surface area contributed by atoms with Gasteiger partial charge >= 0.3 is 6.09 Å². The average Bonchev–Trinajstić information content (AvgIpc) is 2.30. The van der Waals surface area contributed by atoms with Crippen LogP contribution in [0.15, 0.2) is 54.3 Å². The van der Waals surface area contributed by atoms with Gasteiger partial charge in [0.05, 0.1) is 0 Å². The highest BCUT2D eigenvalue weighted by molar-refractivity contribution is 5.72. The molecule has 1 aliphatic rings. The van der Waals surface area contributed by atoms with Gasteiger partial charge in [-0.05, 0) is 25.1 Å². The molecule has 1 aliphatic heterocycles. The Hall–Kier alpha value is -2.03. The molecule has 2 rings (SSSR count). The summed E-state index contributed by atoms with van der Waals surface area (Å²) in [6.45, 7) is 2.56. The van der Waals surface area contributed by atoms with E-state index in [4.69, 9.17) is 4.74 Å². The van der Waals surface area contributed by atoms with Crippen LogP contribution >= 0.6 is 0 Å². The monoisotopic (exact) mass is 215 g/mol. The third-order valence-electron chi connectivity index (χ3n) is 2.25. The zero-order chi connectivity index (χ0) is 11.4. The minimum Gasteiger partial charge on any atom is -0.410 e. The Bertz CT molecular complexity index is 435. The van der Waals surface area contributed by atoms with Gasteiger partial charge in [0.2, 0.25) is 0 Å². The van der Waals surface area contributed by atoms with Gasteiger partial charge in [-0.3, -0.25) is 4.90 Å². The van der Waals surface area contributed by atoms with E-state index in [0.29, 0.717) is 12.3 Å². The van der Waals surface area contributed by atoms with Crippen LogP contribution in [0.2, 0.25) is 0 Å². The summed E-state index contributed by atoms with van der Waals surface area (Å²) in [6, 6.07) is 9.06. The average molecular weight is 215 g/mol. The smallest absolute Gasteiger partial charge is 0.410 e. The summed E-state index contributed by atoms with van der Waals surface area (Å²) in [5, 5.41) is 0. The zero-order valence-corrected chi connectivity index (χ0v) is 9.09. The van der Waals surface area contributed by atoms with Gasteiger partial charge < -0.3 is 4.74 Å². The van der Waals surface area contributed by atoms with Crippen molar-refractivity contribution < 1.29 is 9.53 Å². The Balaban J connectivity index is 2.00. The van der Waals surface area contributed by atoms with Crippen molar-refractivity contribution in [2.24, 2.45) is 0 Å². The number of carbonyl (C=O) groups excluding carboxylic acids is 1. The van der Waals surface area contributed by atoms with E-state index in [1.165, 1.54) is 0 Å². The number of hydrogen-bond acceptors (Lipinski definition) is 2. The number of rotatable bonds is 1. The number of allylic oxidation sites excluding steroid dienone is 2. The van der Waals surface area contributed by atoms with Crippen molar-refractivity contribution in [1.82, 2.24) is 4.90 Å². The first kappa shape index (κ1) is 10.5. The van der Waals surface area contributed by atoms with Crippen molar-refractivity contribution in [2.75, 3.05) is 6.54 Å². The zero-order valence-electron chi connectivity index (χ0n) is 9.09. The molecule has 82 valence electrons. The van der Waals surface area contributed by atoms with E-state index in [1.807, 2.05) is 37.3 Å². The van der Waals surface area contributed by atoms with Gasteiger partial charge in [0.15, 0.2) is 0 Å². The lowest BCUT2D eigenvalue weighted by Gasteiger charge is -2.20. The van der Waals surface area contributed by atoms with Crippen LogP contribution in [-0.2, 0) is 0 Å². The van der Waals surface area contributed by atoms with Gasteiger partial charge in [0.1, 0.15) is 5.75 Å². The van der Waals surface area contributed by atoms with Gasteiger partial charge in [0.25, 0.3) is 0 Å². The molecule has 0 aromatic heterocycles. The van der Waals surface area contributed by atoms with Gasteiger partial charge in [-0.1, -0.05) is 29.8 Å². The molecule has 0 spiro atoms. The van der Waals surface area contributed by atoms with Crippen LogP contribution in [0.1, 0.15) is 6.92 Å². The van der Waals surface area contributed by atoms with E-state index in [1.54, 1.807) is 23.2 Å². The number of amides is 1. The maximum absolute atomic E-state index is 11.7. The lowest BCUT2D eigenvalue weighted by atomic mass is 10.2. The summed E-state index contributed by atoms with van der Waals surface area (Å²) in [4.78, 5) is 13.3. The Labute approximate surface area is 94.6 Å². The molecule has 0 bridgehead atoms. The van der Waals surface area contributed by atoms with Crippen molar-refractivity contribution in [3.63, 3.8) is 0 Å². The fourth-order valence-corrected chi connectivity index (χ4v) is 1.46. The number of ether oxygens (including phenoxy) is 1. The number of para-hydroxylation sites is 1. The molecule has 0 aliphatic carbocycles. The van der Waals surface area contributed by atoms with Crippen LogP contribution in [0.25, 0.3) is 0 Å². The second-order valence-corrected chi connectivity index (χ2v) is 3.66. The molecule has 0 atom stereocenters. The second kappa shape index (κ2) is 4.66. The molecule has 0 fully saturated rings. The van der Waals surface area contributed by atoms with E-state index in [9.17, 15) is 4.79 Å². The van der Waals surface area contributed by atoms with Gasteiger partial charge in [-0.25, -0.2) is 4.79 Å². The largest absolute Gasteiger partial charge is 0.419 e. The lowest BCUT2D eigenvalue weighted by molar-refractivity contribution is 0.172. The van der Waals surface area contributed by atoms with E-state index in [-0.39, 0.29) is 6.09 Å². The molecule has 1 amide bonds. The van der Waals surface area contributed by atoms with Crippen molar-refractivity contribution in [3.8, 4) is 5.75 Å². The van der Waals surface area contributed by atoms with E-state index >= 15 is 0 Å². The minimum absolute atomic E-state index is 0.352. The quantitative estimate of drug-likeness (QED) is 0.720. The number of benzene rings is 1. The fraction of sp³-hybridized carbons (Fsp3) is 0.154. The van der Waals surface area contributed by atoms with Gasteiger partial charge in [-0.2, -0.15) is 0 Å². The van der Waals surface area contributed by atoms with Crippen LogP contribution in [0.5, 0.6) is 5.75 Å². The number of carbonyl (C=O) groups is 1. The van der Waals surface area contributed by atoms with Gasteiger partial charge in [0, 0.05) is 12.7 Å². The molecule has 1 aromatic carbocycles. The molecule has 0 N–H and O–H groups in total. The van der Waals surface area contributed by atoms with E-state index in [2.05, 4.69) is 0 Å². The molecule has 0 radical (unpaired) electrons. The maximum Gasteiger partial charge on any atom is 0.419 e. The molecule has 16 heavy (non-hydrogen) atoms. The van der Waals surface area contributed by atoms with Crippen LogP contribution in [0.4, 0.5) is 4.79 Å². The predicted molar refractivity (Wildman–Crippen MR) is 62.1 cm³/mol. The molecule has 0 saturated carbocycles. The normalized spacial score (nSPS) is 14.6. The fourth-order valence-electron chi connectivity index (χ4n) is 1.46. The summed E-state index contributed by atoms with van der Waals surface area (Å²) in [5.74, 6) is 0.563. The van der Waals surface area contributed by atoms with Crippen molar-refractivity contribution in [1.29, 1.82) is 0 Å². The molecular formula is C13H13NO2. The van der Waals surface area contributed by atoms with Crippen LogP contribution in [0.3, 0.4) is 0 Å². The predicted octanol–water partition coefficient (Wildman–Crippen LogP) is 2.96. The summed E-state index contributed by atoms with van der Waals surface area (Å²) in [5.41, 5.74) is 1.13. The van der Waals surface area contributed by atoms with Crippen LogP contribution in [0, 0.1) is 0 Å². The Morgan fingerprint density at radius 1 is 1.31 bits per heavy atom. The van der Waals surface area contributed by atoms with Crippen molar-refractivity contribution in [3.05, 3.63) is 54.3 Å². The summed E-state index contributed by atoms with van der Waals surface area (Å²) in [6.07, 6.45) is 5.19. The first-order chi connectivity index (χ1) is 7.75. The van der Waals surface area contributed by atoms with Gasteiger partial charge in [-0.15, -0.1) is 0 Å². The summed E-state index contributed by atoms with van der Waals surface area (Å²) < 4.78 is 5.21. The molecule has 1 aromatic rings. The van der Waals surface area contributed by atoms with E-state index in [0.717, 1.165) is 5.57 Å². The standard InChI is InChI=1S/C13H13NO2/c1-11-6-5-9-14(10-11)13(15)16-12-7-3-2-4-8-12/h2-9H,10H2,1H3. The van der Waals surface area contributed by atoms with E-state index < -0.39 is 0 Å². The van der Waals surface area contributed by atoms with Crippen molar-refractivity contribution >= 4 is 6.09 Å². The Morgan fingerprint density at radius 2 is 2.06 bits per heavy atom. The number of hydrogen-bond donors (Lipinski definition) is 0. The Kier molecular flexibility index (Phi) is 3.05. The first-order valence-electron chi connectivity index (χ1n) is 5.13. The topological polar surface area (TPSA) is 29.5 Å². The highest BCUT2D eigenvalue weighted by Gasteiger charge is 2.14. The number of nitrogens with zero attached hydrogens (tertiary/aromatic N) is 1. The third kappa shape index (κ3) is 2.51.